The number of carboxylic acids is 1. The molecule has 0 saturated heterocycles. The van der Waals surface area contributed by atoms with E-state index in [0.29, 0.717) is 23.4 Å². The summed E-state index contributed by atoms with van der Waals surface area (Å²) < 4.78 is 39.2. The lowest BCUT2D eigenvalue weighted by Crippen LogP contribution is -2.42. The fourth-order valence-electron chi connectivity index (χ4n) is 3.43. The maximum atomic E-state index is 13.1. The number of aromatic nitrogens is 1. The SMILES string of the molecule is O=C(O)c1csc(CNC(=O)C2(c3cccc(C(F)(F)F)c3)CCCC2)n1. The molecule has 27 heavy (non-hydrogen) atoms. The molecule has 0 aliphatic heterocycles. The van der Waals surface area contributed by atoms with Gasteiger partial charge < -0.3 is 10.4 Å². The smallest absolute Gasteiger partial charge is 0.416 e. The van der Waals surface area contributed by atoms with E-state index in [2.05, 4.69) is 10.3 Å². The number of carboxylic acid groups (broad SMARTS) is 1. The van der Waals surface area contributed by atoms with Gasteiger partial charge in [-0.2, -0.15) is 13.2 Å². The molecule has 1 aliphatic carbocycles. The van der Waals surface area contributed by atoms with Crippen LogP contribution in [0.4, 0.5) is 13.2 Å². The molecule has 1 amide bonds. The van der Waals surface area contributed by atoms with E-state index in [0.717, 1.165) is 36.3 Å². The van der Waals surface area contributed by atoms with Crippen LogP contribution < -0.4 is 5.32 Å². The topological polar surface area (TPSA) is 79.3 Å². The average molecular weight is 398 g/mol. The van der Waals surface area contributed by atoms with Crippen LogP contribution in [0.1, 0.15) is 52.3 Å². The Hall–Kier alpha value is -2.42. The standard InChI is InChI=1S/C18H17F3N2O3S/c19-18(20,21)12-5-3-4-11(8-12)17(6-1-2-7-17)16(26)22-9-14-23-13(10-27-14)15(24)25/h3-5,8,10H,1-2,6-7,9H2,(H,22,26)(H,24,25). The fraction of sp³-hybridized carbons (Fsp3) is 0.389. The number of hydrogen-bond acceptors (Lipinski definition) is 4. The molecule has 1 aromatic heterocycles. The van der Waals surface area contributed by atoms with E-state index in [-0.39, 0.29) is 18.1 Å². The number of hydrogen-bond donors (Lipinski definition) is 2. The van der Waals surface area contributed by atoms with E-state index in [4.69, 9.17) is 5.11 Å². The molecule has 9 heteroatoms. The number of amides is 1. The van der Waals surface area contributed by atoms with Crippen LogP contribution in [-0.2, 0) is 22.9 Å². The van der Waals surface area contributed by atoms with Crippen molar-refractivity contribution in [2.75, 3.05) is 0 Å². The molecule has 1 heterocycles. The summed E-state index contributed by atoms with van der Waals surface area (Å²) in [5.41, 5.74) is -1.52. The largest absolute Gasteiger partial charge is 0.476 e. The van der Waals surface area contributed by atoms with Crippen molar-refractivity contribution in [1.29, 1.82) is 0 Å². The Labute approximate surface area is 157 Å². The third kappa shape index (κ3) is 3.97. The fourth-order valence-corrected chi connectivity index (χ4v) is 4.14. The van der Waals surface area contributed by atoms with Gasteiger partial charge in [-0.05, 0) is 24.5 Å². The van der Waals surface area contributed by atoms with Gasteiger partial charge in [-0.15, -0.1) is 11.3 Å². The number of aromatic carboxylic acids is 1. The summed E-state index contributed by atoms with van der Waals surface area (Å²) in [7, 11) is 0. The number of rotatable bonds is 5. The Bertz CT molecular complexity index is 858. The maximum Gasteiger partial charge on any atom is 0.416 e. The predicted octanol–water partition coefficient (Wildman–Crippen LogP) is 3.99. The van der Waals surface area contributed by atoms with E-state index >= 15 is 0 Å². The number of halogens is 3. The molecule has 1 saturated carbocycles. The zero-order valence-corrected chi connectivity index (χ0v) is 15.0. The van der Waals surface area contributed by atoms with E-state index in [9.17, 15) is 22.8 Å². The molecular weight excluding hydrogens is 381 g/mol. The summed E-state index contributed by atoms with van der Waals surface area (Å²) in [6.07, 6.45) is -2.02. The second-order valence-corrected chi connectivity index (χ2v) is 7.42. The van der Waals surface area contributed by atoms with Crippen molar-refractivity contribution in [2.24, 2.45) is 0 Å². The Morgan fingerprint density at radius 1 is 1.26 bits per heavy atom. The van der Waals surface area contributed by atoms with Crippen LogP contribution in [0.3, 0.4) is 0 Å². The quantitative estimate of drug-likeness (QED) is 0.798. The Kier molecular flexibility index (Phi) is 5.23. The zero-order chi connectivity index (χ0) is 19.7. The highest BCUT2D eigenvalue weighted by Crippen LogP contribution is 2.43. The highest BCUT2D eigenvalue weighted by Gasteiger charge is 2.43. The predicted molar refractivity (Wildman–Crippen MR) is 92.5 cm³/mol. The molecule has 1 fully saturated rings. The zero-order valence-electron chi connectivity index (χ0n) is 14.2. The third-order valence-electron chi connectivity index (χ3n) is 4.81. The van der Waals surface area contributed by atoms with Gasteiger partial charge >= 0.3 is 12.1 Å². The molecule has 0 spiro atoms. The average Bonchev–Trinajstić information content (AvgIpc) is 3.29. The molecule has 144 valence electrons. The van der Waals surface area contributed by atoms with Crippen LogP contribution >= 0.6 is 11.3 Å². The monoisotopic (exact) mass is 398 g/mol. The van der Waals surface area contributed by atoms with Crippen LogP contribution in [0.25, 0.3) is 0 Å². The highest BCUT2D eigenvalue weighted by molar-refractivity contribution is 7.09. The number of nitrogens with zero attached hydrogens (tertiary/aromatic N) is 1. The summed E-state index contributed by atoms with van der Waals surface area (Å²) in [5.74, 6) is -1.51. The number of carbonyl (C=O) groups is 2. The van der Waals surface area contributed by atoms with Crippen molar-refractivity contribution in [1.82, 2.24) is 10.3 Å². The summed E-state index contributed by atoms with van der Waals surface area (Å²) in [5, 5.41) is 13.4. The van der Waals surface area contributed by atoms with E-state index in [1.807, 2.05) is 0 Å². The van der Waals surface area contributed by atoms with Gasteiger partial charge in [-0.25, -0.2) is 9.78 Å². The number of nitrogens with one attached hydrogen (secondary N) is 1. The Morgan fingerprint density at radius 2 is 1.96 bits per heavy atom. The number of carbonyl (C=O) groups excluding carboxylic acids is 1. The van der Waals surface area contributed by atoms with Crippen LogP contribution in [0, 0.1) is 0 Å². The van der Waals surface area contributed by atoms with Crippen LogP contribution in [0.5, 0.6) is 0 Å². The van der Waals surface area contributed by atoms with Gasteiger partial charge in [0, 0.05) is 5.38 Å². The van der Waals surface area contributed by atoms with Crippen LogP contribution in [0.15, 0.2) is 29.6 Å². The maximum absolute atomic E-state index is 13.1. The van der Waals surface area contributed by atoms with E-state index in [1.54, 1.807) is 6.07 Å². The molecule has 3 rings (SSSR count). The van der Waals surface area contributed by atoms with E-state index in [1.165, 1.54) is 11.4 Å². The van der Waals surface area contributed by atoms with Crippen molar-refractivity contribution in [2.45, 2.75) is 43.8 Å². The highest BCUT2D eigenvalue weighted by atomic mass is 32.1. The number of thiazole rings is 1. The second kappa shape index (κ2) is 7.30. The van der Waals surface area contributed by atoms with Gasteiger partial charge in [-0.1, -0.05) is 31.0 Å². The molecule has 0 unspecified atom stereocenters. The van der Waals surface area contributed by atoms with Crippen molar-refractivity contribution in [3.8, 4) is 0 Å². The molecule has 0 radical (unpaired) electrons. The summed E-state index contributed by atoms with van der Waals surface area (Å²) in [6, 6.07) is 4.93. The van der Waals surface area contributed by atoms with Crippen molar-refractivity contribution in [3.05, 3.63) is 51.5 Å². The Balaban J connectivity index is 1.81. The lowest BCUT2D eigenvalue weighted by atomic mass is 9.77. The normalized spacial score (nSPS) is 16.3. The second-order valence-electron chi connectivity index (χ2n) is 6.48. The van der Waals surface area contributed by atoms with E-state index < -0.39 is 23.1 Å². The minimum absolute atomic E-state index is 0.0392. The van der Waals surface area contributed by atoms with Gasteiger partial charge in [0.1, 0.15) is 5.01 Å². The molecule has 1 aromatic carbocycles. The number of benzene rings is 1. The molecule has 5 nitrogen and oxygen atoms in total. The first-order chi connectivity index (χ1) is 12.7. The van der Waals surface area contributed by atoms with Crippen molar-refractivity contribution < 1.29 is 27.9 Å². The van der Waals surface area contributed by atoms with Crippen molar-refractivity contribution >= 4 is 23.2 Å². The van der Waals surface area contributed by atoms with Crippen LogP contribution in [-0.4, -0.2) is 22.0 Å². The summed E-state index contributed by atoms with van der Waals surface area (Å²) in [4.78, 5) is 27.7. The molecule has 0 bridgehead atoms. The van der Waals surface area contributed by atoms with Gasteiger partial charge in [0.05, 0.1) is 17.5 Å². The lowest BCUT2D eigenvalue weighted by Gasteiger charge is -2.29. The summed E-state index contributed by atoms with van der Waals surface area (Å²) >= 11 is 1.11. The minimum atomic E-state index is -4.47. The van der Waals surface area contributed by atoms with Gasteiger partial charge in [0.2, 0.25) is 5.91 Å². The number of alkyl halides is 3. The van der Waals surface area contributed by atoms with Gasteiger partial charge in [0.15, 0.2) is 5.69 Å². The molecule has 1 aliphatic rings. The van der Waals surface area contributed by atoms with Crippen LogP contribution in [0.2, 0.25) is 0 Å². The first-order valence-electron chi connectivity index (χ1n) is 8.36. The minimum Gasteiger partial charge on any atom is -0.476 e. The van der Waals surface area contributed by atoms with Gasteiger partial charge in [0.25, 0.3) is 0 Å². The lowest BCUT2D eigenvalue weighted by molar-refractivity contribution is -0.138. The first kappa shape index (κ1) is 19.3. The molecule has 2 aromatic rings. The van der Waals surface area contributed by atoms with Gasteiger partial charge in [-0.3, -0.25) is 4.79 Å². The molecular formula is C18H17F3N2O3S. The third-order valence-corrected chi connectivity index (χ3v) is 5.65. The molecule has 0 atom stereocenters. The summed E-state index contributed by atoms with van der Waals surface area (Å²) in [6.45, 7) is 0.0392. The Morgan fingerprint density at radius 3 is 2.56 bits per heavy atom. The van der Waals surface area contributed by atoms with Crippen molar-refractivity contribution in [3.63, 3.8) is 0 Å². The molecule has 2 N–H and O–H groups in total. The first-order valence-corrected chi connectivity index (χ1v) is 9.24.